The number of pyridine rings is 1. The fourth-order valence-electron chi connectivity index (χ4n) is 3.39. The number of halogens is 1. The van der Waals surface area contributed by atoms with Crippen molar-refractivity contribution in [3.05, 3.63) is 63.9 Å². The number of nitrogens with zero attached hydrogens (tertiary/aromatic N) is 3. The van der Waals surface area contributed by atoms with E-state index in [-0.39, 0.29) is 24.2 Å². The van der Waals surface area contributed by atoms with Gasteiger partial charge < -0.3 is 14.1 Å². The number of fused-ring (bicyclic) bond motifs is 1. The largest absolute Gasteiger partial charge is 0.456 e. The van der Waals surface area contributed by atoms with Crippen LogP contribution in [0.2, 0.25) is 5.02 Å². The Bertz CT molecular complexity index is 1360. The number of carbonyl (C=O) groups excluding carboxylic acids is 2. The van der Waals surface area contributed by atoms with Crippen LogP contribution in [0.5, 0.6) is 11.5 Å². The first-order valence-corrected chi connectivity index (χ1v) is 11.5. The number of aryl methyl sites for hydroxylation is 1. The zero-order valence-electron chi connectivity index (χ0n) is 17.6. The Hall–Kier alpha value is -3.43. The summed E-state index contributed by atoms with van der Waals surface area (Å²) in [6.07, 6.45) is 4.21. The Balaban J connectivity index is 1.31. The van der Waals surface area contributed by atoms with Gasteiger partial charge in [-0.25, -0.2) is 0 Å². The van der Waals surface area contributed by atoms with Crippen LogP contribution in [-0.2, 0) is 11.2 Å². The van der Waals surface area contributed by atoms with Gasteiger partial charge in [-0.05, 0) is 37.1 Å². The zero-order valence-corrected chi connectivity index (χ0v) is 19.2. The molecule has 1 aromatic carbocycles. The van der Waals surface area contributed by atoms with E-state index < -0.39 is 0 Å². The van der Waals surface area contributed by atoms with E-state index in [0.717, 1.165) is 24.2 Å². The molecule has 5 rings (SSSR count). The van der Waals surface area contributed by atoms with Crippen molar-refractivity contribution in [2.75, 3.05) is 18.4 Å². The lowest BCUT2D eigenvalue weighted by atomic mass is 10.1. The number of anilines is 1. The number of oxazole rings is 1. The first-order chi connectivity index (χ1) is 16.0. The molecule has 1 N–H and O–H groups in total. The number of amides is 2. The minimum atomic E-state index is -0.291. The molecule has 8 nitrogen and oxygen atoms in total. The molecule has 0 radical (unpaired) electrons. The highest BCUT2D eigenvalue weighted by atomic mass is 35.5. The quantitative estimate of drug-likeness (QED) is 0.412. The fourth-order valence-corrected chi connectivity index (χ4v) is 4.66. The van der Waals surface area contributed by atoms with Crippen LogP contribution in [0.4, 0.5) is 6.01 Å². The van der Waals surface area contributed by atoms with Gasteiger partial charge in [0.2, 0.25) is 5.91 Å². The van der Waals surface area contributed by atoms with Gasteiger partial charge in [0, 0.05) is 30.4 Å². The Morgan fingerprint density at radius 3 is 2.82 bits per heavy atom. The van der Waals surface area contributed by atoms with Crippen LogP contribution in [0, 0.1) is 6.92 Å². The smallest absolute Gasteiger partial charge is 0.301 e. The number of hydrogen-bond donors (Lipinski definition) is 1. The first-order valence-electron chi connectivity index (χ1n) is 10.3. The highest BCUT2D eigenvalue weighted by Gasteiger charge is 2.24. The zero-order chi connectivity index (χ0) is 22.9. The summed E-state index contributed by atoms with van der Waals surface area (Å²) in [7, 11) is 0. The van der Waals surface area contributed by atoms with Gasteiger partial charge in [-0.2, -0.15) is 4.98 Å². The molecule has 3 aromatic heterocycles. The van der Waals surface area contributed by atoms with Gasteiger partial charge in [-0.1, -0.05) is 17.7 Å². The van der Waals surface area contributed by atoms with Crippen molar-refractivity contribution in [3.63, 3.8) is 0 Å². The minimum Gasteiger partial charge on any atom is -0.456 e. The van der Waals surface area contributed by atoms with Crippen LogP contribution in [0.25, 0.3) is 10.2 Å². The van der Waals surface area contributed by atoms with Crippen LogP contribution in [0.3, 0.4) is 0 Å². The number of ether oxygens (including phenoxy) is 1. The standard InChI is InChI=1S/C23H19ClN4O4S/c1-13-12-31-23(26-13)27-20(29)9-14-3-4-15(10-16(14)24)32-18-5-6-25-17-11-19(33-21(17)18)22(30)28-7-2-8-28/h3-6,10-12H,2,7-9H2,1H3,(H,26,27,29). The molecule has 10 heteroatoms. The SMILES string of the molecule is Cc1coc(NC(=O)Cc2ccc(Oc3ccnc4cc(C(=O)N5CCC5)sc34)cc2Cl)n1. The Morgan fingerprint density at radius 1 is 1.27 bits per heavy atom. The Kier molecular flexibility index (Phi) is 5.74. The molecule has 1 fully saturated rings. The lowest BCUT2D eigenvalue weighted by molar-refractivity contribution is -0.115. The summed E-state index contributed by atoms with van der Waals surface area (Å²) in [6, 6.07) is 8.85. The molecule has 0 spiro atoms. The maximum absolute atomic E-state index is 12.6. The monoisotopic (exact) mass is 482 g/mol. The third kappa shape index (κ3) is 4.55. The summed E-state index contributed by atoms with van der Waals surface area (Å²) in [5, 5.41) is 3.00. The molecule has 0 aliphatic carbocycles. The summed E-state index contributed by atoms with van der Waals surface area (Å²) in [5.41, 5.74) is 2.03. The van der Waals surface area contributed by atoms with Crippen molar-refractivity contribution in [2.45, 2.75) is 19.8 Å². The average molecular weight is 483 g/mol. The third-order valence-electron chi connectivity index (χ3n) is 5.20. The molecule has 4 aromatic rings. The summed E-state index contributed by atoms with van der Waals surface area (Å²) in [4.78, 5) is 35.7. The third-order valence-corrected chi connectivity index (χ3v) is 6.68. The molecular weight excluding hydrogens is 464 g/mol. The van der Waals surface area contributed by atoms with E-state index in [4.69, 9.17) is 20.8 Å². The second kappa shape index (κ2) is 8.84. The van der Waals surface area contributed by atoms with Crippen molar-refractivity contribution >= 4 is 51.0 Å². The summed E-state index contributed by atoms with van der Waals surface area (Å²) in [5.74, 6) is 0.847. The van der Waals surface area contributed by atoms with E-state index in [0.29, 0.717) is 38.2 Å². The molecule has 0 atom stereocenters. The van der Waals surface area contributed by atoms with E-state index in [9.17, 15) is 9.59 Å². The number of thiophene rings is 1. The molecule has 168 valence electrons. The minimum absolute atomic E-state index is 0.0285. The van der Waals surface area contributed by atoms with Crippen LogP contribution in [0.1, 0.15) is 27.3 Å². The first kappa shape index (κ1) is 21.4. The van der Waals surface area contributed by atoms with Gasteiger partial charge in [0.05, 0.1) is 27.2 Å². The lowest BCUT2D eigenvalue weighted by Gasteiger charge is -2.30. The topological polar surface area (TPSA) is 97.6 Å². The van der Waals surface area contributed by atoms with Crippen molar-refractivity contribution in [1.29, 1.82) is 0 Å². The second-order valence-electron chi connectivity index (χ2n) is 7.65. The average Bonchev–Trinajstić information content (AvgIpc) is 3.35. The molecule has 4 heterocycles. The van der Waals surface area contributed by atoms with Gasteiger partial charge in [-0.3, -0.25) is 19.9 Å². The molecule has 0 saturated carbocycles. The molecular formula is C23H19ClN4O4S. The number of likely N-dealkylation sites (tertiary alicyclic amines) is 1. The van der Waals surface area contributed by atoms with Crippen LogP contribution < -0.4 is 10.1 Å². The van der Waals surface area contributed by atoms with Crippen molar-refractivity contribution in [1.82, 2.24) is 14.9 Å². The van der Waals surface area contributed by atoms with E-state index in [1.54, 1.807) is 43.5 Å². The Morgan fingerprint density at radius 2 is 2.12 bits per heavy atom. The molecule has 0 bridgehead atoms. The highest BCUT2D eigenvalue weighted by Crippen LogP contribution is 2.36. The summed E-state index contributed by atoms with van der Waals surface area (Å²) in [6.45, 7) is 3.36. The predicted octanol–water partition coefficient (Wildman–Crippen LogP) is 5.07. The van der Waals surface area contributed by atoms with Crippen molar-refractivity contribution < 1.29 is 18.7 Å². The number of benzene rings is 1. The number of hydrogen-bond acceptors (Lipinski definition) is 7. The lowest BCUT2D eigenvalue weighted by Crippen LogP contribution is -2.41. The van der Waals surface area contributed by atoms with Crippen molar-refractivity contribution in [2.24, 2.45) is 0 Å². The molecule has 1 aliphatic rings. The molecule has 1 aliphatic heterocycles. The molecule has 1 saturated heterocycles. The van der Waals surface area contributed by atoms with Gasteiger partial charge in [0.1, 0.15) is 17.8 Å². The molecule has 33 heavy (non-hydrogen) atoms. The van der Waals surface area contributed by atoms with E-state index in [2.05, 4.69) is 15.3 Å². The second-order valence-corrected chi connectivity index (χ2v) is 9.11. The predicted molar refractivity (Wildman–Crippen MR) is 125 cm³/mol. The summed E-state index contributed by atoms with van der Waals surface area (Å²) < 4.78 is 12.0. The van der Waals surface area contributed by atoms with Gasteiger partial charge in [0.15, 0.2) is 0 Å². The maximum atomic E-state index is 12.6. The Labute approximate surface area is 198 Å². The van der Waals surface area contributed by atoms with E-state index >= 15 is 0 Å². The summed E-state index contributed by atoms with van der Waals surface area (Å²) >= 11 is 7.78. The van der Waals surface area contributed by atoms with Crippen LogP contribution >= 0.6 is 22.9 Å². The van der Waals surface area contributed by atoms with Gasteiger partial charge in [0.25, 0.3) is 5.91 Å². The van der Waals surface area contributed by atoms with Crippen LogP contribution in [-0.4, -0.2) is 39.8 Å². The number of aromatic nitrogens is 2. The highest BCUT2D eigenvalue weighted by molar-refractivity contribution is 7.21. The molecule has 0 unspecified atom stereocenters. The number of nitrogens with one attached hydrogen (secondary N) is 1. The van der Waals surface area contributed by atoms with E-state index in [1.165, 1.54) is 17.6 Å². The van der Waals surface area contributed by atoms with Gasteiger partial charge >= 0.3 is 6.01 Å². The van der Waals surface area contributed by atoms with Crippen molar-refractivity contribution in [3.8, 4) is 11.5 Å². The van der Waals surface area contributed by atoms with E-state index in [1.807, 2.05) is 4.90 Å². The molecule has 2 amide bonds. The number of rotatable bonds is 6. The van der Waals surface area contributed by atoms with Crippen LogP contribution in [0.15, 0.2) is 47.2 Å². The number of carbonyl (C=O) groups is 2. The normalized spacial score (nSPS) is 13.1. The van der Waals surface area contributed by atoms with Gasteiger partial charge in [-0.15, -0.1) is 11.3 Å². The maximum Gasteiger partial charge on any atom is 0.301 e. The fraction of sp³-hybridized carbons (Fsp3) is 0.217.